The number of hydrogen-bond acceptors (Lipinski definition) is 9. The molecule has 3 aliphatic rings. The van der Waals surface area contributed by atoms with E-state index in [4.69, 9.17) is 23.7 Å². The normalized spacial score (nSPS) is 21.2. The van der Waals surface area contributed by atoms with Gasteiger partial charge in [0, 0.05) is 37.3 Å². The summed E-state index contributed by atoms with van der Waals surface area (Å²) in [6, 6.07) is 9.19. The van der Waals surface area contributed by atoms with Gasteiger partial charge in [0.25, 0.3) is 11.7 Å². The fourth-order valence-corrected chi connectivity index (χ4v) is 4.76. The molecule has 1 N–H and O–H groups in total. The van der Waals surface area contributed by atoms with Crippen LogP contribution in [0.1, 0.15) is 17.2 Å². The van der Waals surface area contributed by atoms with Crippen molar-refractivity contribution < 1.29 is 38.4 Å². The molecule has 36 heavy (non-hydrogen) atoms. The fourth-order valence-electron chi connectivity index (χ4n) is 4.76. The lowest BCUT2D eigenvalue weighted by Crippen LogP contribution is -2.42. The number of morpholine rings is 1. The van der Waals surface area contributed by atoms with Gasteiger partial charge in [0.05, 0.1) is 39.0 Å². The molecule has 1 atom stereocenters. The number of hydrogen-bond donors (Lipinski definition) is 1. The predicted molar refractivity (Wildman–Crippen MR) is 128 cm³/mol. The van der Waals surface area contributed by atoms with Gasteiger partial charge in [-0.3, -0.25) is 14.5 Å². The smallest absolute Gasteiger partial charge is 0.295 e. The number of likely N-dealkylation sites (tertiary alicyclic amines) is 1. The summed E-state index contributed by atoms with van der Waals surface area (Å²) >= 11 is 0. The molecule has 2 aromatic carbocycles. The summed E-state index contributed by atoms with van der Waals surface area (Å²) in [6.07, 6.45) is 0. The van der Waals surface area contributed by atoms with Gasteiger partial charge in [0.15, 0.2) is 11.5 Å². The maximum Gasteiger partial charge on any atom is 0.295 e. The first kappa shape index (κ1) is 24.0. The Hall–Kier alpha value is -3.76. The second-order valence-electron chi connectivity index (χ2n) is 8.62. The standard InChI is InChI=1S/C26H28N2O8/c1-32-17-4-6-19(33-2)18(14-17)23-22(24(29)16-3-5-20-21(13-16)36-15-35-20)25(30)26(31)28(23)8-7-27-9-11-34-12-10-27/h3-6,13-14,23,29H,7-12,15H2,1-2H3/b24-22+. The summed E-state index contributed by atoms with van der Waals surface area (Å²) in [5.41, 5.74) is 0.866. The number of ketones is 1. The van der Waals surface area contributed by atoms with E-state index in [9.17, 15) is 14.7 Å². The van der Waals surface area contributed by atoms with Crippen molar-refractivity contribution in [1.29, 1.82) is 0 Å². The van der Waals surface area contributed by atoms with Gasteiger partial charge < -0.3 is 33.7 Å². The molecule has 2 aromatic rings. The maximum atomic E-state index is 13.4. The number of rotatable bonds is 7. The molecule has 0 aromatic heterocycles. The van der Waals surface area contributed by atoms with Gasteiger partial charge in [-0.1, -0.05) is 0 Å². The molecule has 5 rings (SSSR count). The van der Waals surface area contributed by atoms with Crippen molar-refractivity contribution >= 4 is 17.4 Å². The summed E-state index contributed by atoms with van der Waals surface area (Å²) in [5.74, 6) is 0.265. The topological polar surface area (TPSA) is 107 Å². The minimum absolute atomic E-state index is 0.0209. The quantitative estimate of drug-likeness (QED) is 0.351. The second-order valence-corrected chi connectivity index (χ2v) is 8.62. The Bertz CT molecular complexity index is 1200. The largest absolute Gasteiger partial charge is 0.507 e. The summed E-state index contributed by atoms with van der Waals surface area (Å²) in [7, 11) is 3.05. The molecule has 10 nitrogen and oxygen atoms in total. The zero-order chi connectivity index (χ0) is 25.2. The highest BCUT2D eigenvalue weighted by Gasteiger charge is 2.47. The lowest BCUT2D eigenvalue weighted by atomic mass is 9.94. The third kappa shape index (κ3) is 4.33. The Labute approximate surface area is 208 Å². The molecule has 3 heterocycles. The van der Waals surface area contributed by atoms with E-state index in [-0.39, 0.29) is 24.7 Å². The highest BCUT2D eigenvalue weighted by molar-refractivity contribution is 6.46. The summed E-state index contributed by atoms with van der Waals surface area (Å²) in [4.78, 5) is 30.4. The van der Waals surface area contributed by atoms with Crippen LogP contribution in [0.25, 0.3) is 5.76 Å². The molecule has 2 saturated heterocycles. The van der Waals surface area contributed by atoms with Crippen LogP contribution in [0, 0.1) is 0 Å². The fraction of sp³-hybridized carbons (Fsp3) is 0.385. The van der Waals surface area contributed by atoms with E-state index in [1.54, 1.807) is 36.4 Å². The van der Waals surface area contributed by atoms with E-state index >= 15 is 0 Å². The number of ether oxygens (including phenoxy) is 5. The summed E-state index contributed by atoms with van der Waals surface area (Å²) in [5, 5.41) is 11.4. The highest BCUT2D eigenvalue weighted by Crippen LogP contribution is 2.44. The van der Waals surface area contributed by atoms with Gasteiger partial charge in [-0.15, -0.1) is 0 Å². The highest BCUT2D eigenvalue weighted by atomic mass is 16.7. The molecule has 2 fully saturated rings. The van der Waals surface area contributed by atoms with E-state index < -0.39 is 17.7 Å². The van der Waals surface area contributed by atoms with E-state index in [1.165, 1.54) is 19.1 Å². The van der Waals surface area contributed by atoms with Gasteiger partial charge in [-0.25, -0.2) is 0 Å². The lowest BCUT2D eigenvalue weighted by molar-refractivity contribution is -0.140. The van der Waals surface area contributed by atoms with Crippen molar-refractivity contribution in [3.05, 3.63) is 53.1 Å². The molecule has 0 bridgehead atoms. The van der Waals surface area contributed by atoms with Crippen LogP contribution in [-0.2, 0) is 14.3 Å². The monoisotopic (exact) mass is 496 g/mol. The number of carbonyl (C=O) groups is 2. The zero-order valence-corrected chi connectivity index (χ0v) is 20.2. The van der Waals surface area contributed by atoms with Crippen molar-refractivity contribution in [2.75, 3.05) is 60.4 Å². The average Bonchev–Trinajstić information content (AvgIpc) is 3.49. The van der Waals surface area contributed by atoms with Crippen molar-refractivity contribution in [1.82, 2.24) is 9.80 Å². The molecular weight excluding hydrogens is 468 g/mol. The second kappa shape index (κ2) is 10.1. The van der Waals surface area contributed by atoms with Crippen LogP contribution in [-0.4, -0.2) is 87.0 Å². The predicted octanol–water partition coefficient (Wildman–Crippen LogP) is 2.19. The molecule has 0 spiro atoms. The molecule has 1 amide bonds. The van der Waals surface area contributed by atoms with Gasteiger partial charge in [0.1, 0.15) is 17.3 Å². The van der Waals surface area contributed by atoms with Crippen molar-refractivity contribution in [3.63, 3.8) is 0 Å². The van der Waals surface area contributed by atoms with E-state index in [0.29, 0.717) is 53.9 Å². The summed E-state index contributed by atoms with van der Waals surface area (Å²) < 4.78 is 27.2. The number of aliphatic hydroxyl groups is 1. The number of amides is 1. The lowest BCUT2D eigenvalue weighted by Gasteiger charge is -2.31. The number of methoxy groups -OCH3 is 2. The third-order valence-corrected chi connectivity index (χ3v) is 6.68. The maximum absolute atomic E-state index is 13.4. The number of carbonyl (C=O) groups excluding carboxylic acids is 2. The molecule has 1 unspecified atom stereocenters. The number of nitrogens with zero attached hydrogens (tertiary/aromatic N) is 2. The molecule has 0 aliphatic carbocycles. The van der Waals surface area contributed by atoms with Gasteiger partial charge in [-0.05, 0) is 36.4 Å². The molecule has 0 radical (unpaired) electrons. The SMILES string of the molecule is COc1ccc(OC)c(C2/C(=C(\O)c3ccc4c(c3)OCO4)C(=O)C(=O)N2CCN2CCOCC2)c1. The van der Waals surface area contributed by atoms with Crippen LogP contribution in [0.5, 0.6) is 23.0 Å². The van der Waals surface area contributed by atoms with Crippen molar-refractivity contribution in [2.45, 2.75) is 6.04 Å². The number of Topliss-reactive ketones (excluding diaryl/α,β-unsaturated/α-hetero) is 1. The van der Waals surface area contributed by atoms with Crippen molar-refractivity contribution in [2.24, 2.45) is 0 Å². The third-order valence-electron chi connectivity index (χ3n) is 6.68. The molecule has 190 valence electrons. The van der Waals surface area contributed by atoms with Gasteiger partial charge in [-0.2, -0.15) is 0 Å². The molecule has 0 saturated carbocycles. The first-order valence-electron chi connectivity index (χ1n) is 11.7. The van der Waals surface area contributed by atoms with Crippen LogP contribution >= 0.6 is 0 Å². The van der Waals surface area contributed by atoms with Crippen LogP contribution in [0.15, 0.2) is 42.0 Å². The Kier molecular flexibility index (Phi) is 6.71. The van der Waals surface area contributed by atoms with E-state index in [0.717, 1.165) is 13.1 Å². The van der Waals surface area contributed by atoms with Crippen molar-refractivity contribution in [3.8, 4) is 23.0 Å². The van der Waals surface area contributed by atoms with Crippen LogP contribution < -0.4 is 18.9 Å². The average molecular weight is 497 g/mol. The van der Waals surface area contributed by atoms with Crippen LogP contribution in [0.2, 0.25) is 0 Å². The number of fused-ring (bicyclic) bond motifs is 1. The minimum Gasteiger partial charge on any atom is -0.507 e. The van der Waals surface area contributed by atoms with Gasteiger partial charge in [0.2, 0.25) is 6.79 Å². The molecule has 3 aliphatic heterocycles. The Morgan fingerprint density at radius 3 is 2.53 bits per heavy atom. The Balaban J connectivity index is 1.60. The van der Waals surface area contributed by atoms with Crippen LogP contribution in [0.3, 0.4) is 0 Å². The van der Waals surface area contributed by atoms with E-state index in [1.807, 2.05) is 0 Å². The Morgan fingerprint density at radius 2 is 1.78 bits per heavy atom. The molecular formula is C26H28N2O8. The minimum atomic E-state index is -0.874. The first-order chi connectivity index (χ1) is 17.5. The zero-order valence-electron chi connectivity index (χ0n) is 20.2. The van der Waals surface area contributed by atoms with Gasteiger partial charge >= 0.3 is 0 Å². The van der Waals surface area contributed by atoms with E-state index in [2.05, 4.69) is 4.90 Å². The summed E-state index contributed by atoms with van der Waals surface area (Å²) in [6.45, 7) is 3.65. The van der Waals surface area contributed by atoms with Crippen LogP contribution in [0.4, 0.5) is 0 Å². The first-order valence-corrected chi connectivity index (χ1v) is 11.7. The number of benzene rings is 2. The Morgan fingerprint density at radius 1 is 1.00 bits per heavy atom. The number of aliphatic hydroxyl groups excluding tert-OH is 1. The molecule has 10 heteroatoms.